The Hall–Kier alpha value is -0.473. The van der Waals surface area contributed by atoms with Crippen molar-refractivity contribution in [2.45, 2.75) is 115 Å². The minimum Gasteiger partial charge on any atom is -0.462 e. The van der Waals surface area contributed by atoms with E-state index < -0.39 is 14.4 Å². The highest BCUT2D eigenvalue weighted by atomic mass is 28.4. The fourth-order valence-corrected chi connectivity index (χ4v) is 8.41. The van der Waals surface area contributed by atoms with Crippen LogP contribution in [0.5, 0.6) is 0 Å². The van der Waals surface area contributed by atoms with Crippen molar-refractivity contribution in [3.05, 3.63) is 0 Å². The first kappa shape index (κ1) is 25.2. The quantitative estimate of drug-likeness (QED) is 0.381. The molecule has 3 aliphatic rings. The number of esters is 1. The van der Waals surface area contributed by atoms with E-state index in [1.807, 2.05) is 0 Å². The maximum atomic E-state index is 11.7. The van der Waals surface area contributed by atoms with Gasteiger partial charge >= 0.3 is 5.97 Å². The molecule has 180 valence electrons. The molecule has 6 nitrogen and oxygen atoms in total. The standard InChI is InChI=1S/C24H44O6Si/c1-17(2)16-31(3,4)28-15-20-19(12-11-18-8-7-9-23(26)29-18)21(25)14-22(20)30-24-10-5-6-13-27-24/h17-22,24-25H,5-16H2,1-4H3/t18-,19-,20-,21-,22-,24?/m1/s1. The van der Waals surface area contributed by atoms with Gasteiger partial charge in [0.15, 0.2) is 14.6 Å². The number of aliphatic hydroxyl groups is 1. The van der Waals surface area contributed by atoms with E-state index in [0.717, 1.165) is 57.6 Å². The van der Waals surface area contributed by atoms with Crippen molar-refractivity contribution in [2.75, 3.05) is 13.2 Å². The van der Waals surface area contributed by atoms with Gasteiger partial charge in [-0.1, -0.05) is 13.8 Å². The molecular formula is C24H44O6Si. The van der Waals surface area contributed by atoms with Crippen molar-refractivity contribution in [3.8, 4) is 0 Å². The second kappa shape index (κ2) is 11.6. The fourth-order valence-electron chi connectivity index (χ4n) is 5.68. The van der Waals surface area contributed by atoms with Crippen LogP contribution >= 0.6 is 0 Å². The number of rotatable bonds is 10. The topological polar surface area (TPSA) is 74.2 Å². The molecule has 3 fully saturated rings. The molecule has 0 spiro atoms. The number of cyclic esters (lactones) is 1. The first-order valence-electron chi connectivity index (χ1n) is 12.5. The van der Waals surface area contributed by atoms with Gasteiger partial charge in [-0.05, 0) is 75.9 Å². The highest BCUT2D eigenvalue weighted by Gasteiger charge is 2.45. The summed E-state index contributed by atoms with van der Waals surface area (Å²) in [5.74, 6) is 0.798. The van der Waals surface area contributed by atoms with Crippen LogP contribution in [0.3, 0.4) is 0 Å². The van der Waals surface area contributed by atoms with E-state index >= 15 is 0 Å². The van der Waals surface area contributed by atoms with E-state index in [0.29, 0.717) is 25.4 Å². The molecule has 1 saturated carbocycles. The number of hydrogen-bond donors (Lipinski definition) is 1. The lowest BCUT2D eigenvalue weighted by Crippen LogP contribution is -2.39. The Morgan fingerprint density at radius 3 is 2.61 bits per heavy atom. The average molecular weight is 457 g/mol. The van der Waals surface area contributed by atoms with Gasteiger partial charge in [-0.3, -0.25) is 4.79 Å². The maximum absolute atomic E-state index is 11.7. The second-order valence-corrected chi connectivity index (χ2v) is 15.1. The van der Waals surface area contributed by atoms with Gasteiger partial charge in [-0.25, -0.2) is 0 Å². The Labute approximate surface area is 189 Å². The van der Waals surface area contributed by atoms with Crippen LogP contribution in [0.25, 0.3) is 0 Å². The molecule has 0 aromatic heterocycles. The molecule has 31 heavy (non-hydrogen) atoms. The van der Waals surface area contributed by atoms with Gasteiger partial charge in [-0.2, -0.15) is 0 Å². The highest BCUT2D eigenvalue weighted by Crippen LogP contribution is 2.40. The third kappa shape index (κ3) is 7.81. The summed E-state index contributed by atoms with van der Waals surface area (Å²) in [7, 11) is -1.77. The van der Waals surface area contributed by atoms with Crippen molar-refractivity contribution in [1.82, 2.24) is 0 Å². The van der Waals surface area contributed by atoms with E-state index in [-0.39, 0.29) is 36.3 Å². The largest absolute Gasteiger partial charge is 0.462 e. The molecule has 1 aliphatic carbocycles. The van der Waals surface area contributed by atoms with E-state index in [1.165, 1.54) is 0 Å². The molecule has 0 aromatic carbocycles. The zero-order valence-corrected chi connectivity index (χ0v) is 21.0. The van der Waals surface area contributed by atoms with E-state index in [1.54, 1.807) is 0 Å². The van der Waals surface area contributed by atoms with Crippen LogP contribution in [-0.4, -0.2) is 57.2 Å². The third-order valence-electron chi connectivity index (χ3n) is 7.05. The van der Waals surface area contributed by atoms with Crippen LogP contribution in [0.4, 0.5) is 0 Å². The molecule has 0 bridgehead atoms. The van der Waals surface area contributed by atoms with Gasteiger partial charge in [0.1, 0.15) is 6.10 Å². The zero-order valence-electron chi connectivity index (χ0n) is 20.0. The number of carbonyl (C=O) groups is 1. The van der Waals surface area contributed by atoms with Crippen LogP contribution in [0.2, 0.25) is 19.1 Å². The lowest BCUT2D eigenvalue weighted by atomic mass is 9.88. The monoisotopic (exact) mass is 456 g/mol. The summed E-state index contributed by atoms with van der Waals surface area (Å²) in [5.41, 5.74) is 0. The van der Waals surface area contributed by atoms with E-state index in [9.17, 15) is 9.90 Å². The summed E-state index contributed by atoms with van der Waals surface area (Å²) in [6, 6.07) is 1.13. The molecule has 3 rings (SSSR count). The Balaban J connectivity index is 1.62. The number of aliphatic hydroxyl groups excluding tert-OH is 1. The number of carbonyl (C=O) groups excluding carboxylic acids is 1. The number of hydrogen-bond acceptors (Lipinski definition) is 6. The molecular weight excluding hydrogens is 412 g/mol. The predicted molar refractivity (Wildman–Crippen MR) is 122 cm³/mol. The molecule has 7 heteroatoms. The van der Waals surface area contributed by atoms with Gasteiger partial charge in [-0.15, -0.1) is 0 Å². The Morgan fingerprint density at radius 2 is 1.94 bits per heavy atom. The predicted octanol–water partition coefficient (Wildman–Crippen LogP) is 4.65. The molecule has 2 saturated heterocycles. The molecule has 0 radical (unpaired) electrons. The summed E-state index contributed by atoms with van der Waals surface area (Å²) in [5, 5.41) is 10.9. The lowest BCUT2D eigenvalue weighted by Gasteiger charge is -2.33. The smallest absolute Gasteiger partial charge is 0.306 e. The minimum atomic E-state index is -1.77. The fraction of sp³-hybridized carbons (Fsp3) is 0.958. The van der Waals surface area contributed by atoms with E-state index in [4.69, 9.17) is 18.6 Å². The van der Waals surface area contributed by atoms with Crippen molar-refractivity contribution in [3.63, 3.8) is 0 Å². The summed E-state index contributed by atoms with van der Waals surface area (Å²) < 4.78 is 24.3. The van der Waals surface area contributed by atoms with Gasteiger partial charge in [0.05, 0.1) is 12.2 Å². The van der Waals surface area contributed by atoms with Crippen molar-refractivity contribution >= 4 is 14.3 Å². The van der Waals surface area contributed by atoms with Crippen LogP contribution < -0.4 is 0 Å². The van der Waals surface area contributed by atoms with Gasteiger partial charge in [0.2, 0.25) is 0 Å². The normalized spacial score (nSPS) is 34.8. The van der Waals surface area contributed by atoms with E-state index in [2.05, 4.69) is 26.9 Å². The zero-order chi connectivity index (χ0) is 22.4. The summed E-state index contributed by atoms with van der Waals surface area (Å²) >= 11 is 0. The van der Waals surface area contributed by atoms with Crippen molar-refractivity contribution in [1.29, 1.82) is 0 Å². The van der Waals surface area contributed by atoms with Gasteiger partial charge < -0.3 is 23.7 Å². The summed E-state index contributed by atoms with van der Waals surface area (Å²) in [4.78, 5) is 11.7. The SMILES string of the molecule is CC(C)C[Si](C)(C)OC[C@@H]1[C@@H](CC[C@H]2CCCC(=O)O2)[C@H](O)C[C@H]1OC1CCCCO1. The molecule has 2 aliphatic heterocycles. The lowest BCUT2D eigenvalue weighted by molar-refractivity contribution is -0.198. The number of ether oxygens (including phenoxy) is 3. The molecule has 6 atom stereocenters. The first-order chi connectivity index (χ1) is 14.7. The Kier molecular flexibility index (Phi) is 9.41. The Morgan fingerprint density at radius 1 is 1.13 bits per heavy atom. The van der Waals surface area contributed by atoms with Crippen molar-refractivity contribution in [2.24, 2.45) is 17.8 Å². The van der Waals surface area contributed by atoms with Crippen LogP contribution in [0.1, 0.15) is 71.6 Å². The summed E-state index contributed by atoms with van der Waals surface area (Å²) in [6.45, 7) is 10.5. The highest BCUT2D eigenvalue weighted by molar-refractivity contribution is 6.71. The summed E-state index contributed by atoms with van der Waals surface area (Å²) in [6.07, 6.45) is 7.19. The second-order valence-electron chi connectivity index (χ2n) is 10.9. The minimum absolute atomic E-state index is 0.0107. The average Bonchev–Trinajstić information content (AvgIpc) is 2.99. The first-order valence-corrected chi connectivity index (χ1v) is 15.6. The third-order valence-corrected chi connectivity index (χ3v) is 9.80. The van der Waals surface area contributed by atoms with Crippen LogP contribution in [-0.2, 0) is 23.4 Å². The Bertz CT molecular complexity index is 562. The molecule has 1 unspecified atom stereocenters. The van der Waals surface area contributed by atoms with Gasteiger partial charge in [0.25, 0.3) is 0 Å². The molecule has 1 N–H and O–H groups in total. The molecule has 2 heterocycles. The maximum Gasteiger partial charge on any atom is 0.306 e. The van der Waals surface area contributed by atoms with Crippen LogP contribution in [0.15, 0.2) is 0 Å². The van der Waals surface area contributed by atoms with Gasteiger partial charge in [0, 0.05) is 32.0 Å². The molecule has 0 aromatic rings. The van der Waals surface area contributed by atoms with Crippen molar-refractivity contribution < 1.29 is 28.5 Å². The molecule has 0 amide bonds. The van der Waals surface area contributed by atoms with Crippen LogP contribution in [0, 0.1) is 17.8 Å².